The predicted molar refractivity (Wildman–Crippen MR) is 178 cm³/mol. The first kappa shape index (κ1) is 31.2. The van der Waals surface area contributed by atoms with E-state index in [-0.39, 0.29) is 5.78 Å². The highest BCUT2D eigenvalue weighted by atomic mass is 16.5. The summed E-state index contributed by atoms with van der Waals surface area (Å²) in [7, 11) is 1.64. The molecule has 1 aliphatic heterocycles. The Morgan fingerprint density at radius 1 is 0.848 bits per heavy atom. The maximum atomic E-state index is 13.1. The zero-order valence-electron chi connectivity index (χ0n) is 26.2. The smallest absolute Gasteiger partial charge is 0.165 e. The molecule has 0 radical (unpaired) electrons. The molecule has 2 aromatic heterocycles. The van der Waals surface area contributed by atoms with E-state index in [1.807, 2.05) is 84.9 Å². The molecule has 8 heteroatoms. The third-order valence-electron chi connectivity index (χ3n) is 8.16. The lowest BCUT2D eigenvalue weighted by atomic mass is 9.98. The molecule has 0 unspecified atom stereocenters. The molecule has 3 aromatic carbocycles. The molecule has 1 aliphatic rings. The quantitative estimate of drug-likeness (QED) is 0.0980. The van der Waals surface area contributed by atoms with E-state index >= 15 is 0 Å². The van der Waals surface area contributed by atoms with Gasteiger partial charge in [-0.05, 0) is 60.4 Å². The molecular weight excluding hydrogens is 578 g/mol. The summed E-state index contributed by atoms with van der Waals surface area (Å²) < 4.78 is 23.5. The highest BCUT2D eigenvalue weighted by Gasteiger charge is 2.15. The number of hydrogen-bond acceptors (Lipinski definition) is 8. The fourth-order valence-corrected chi connectivity index (χ4v) is 5.65. The number of Topliss-reactive ketones (excluding diaryl/α,β-unsaturated/α-hetero) is 1. The topological polar surface area (TPSA) is 83.0 Å². The van der Waals surface area contributed by atoms with Gasteiger partial charge in [0.05, 0.1) is 38.1 Å². The summed E-state index contributed by atoms with van der Waals surface area (Å²) in [5, 5.41) is 0.830. The van der Waals surface area contributed by atoms with E-state index in [2.05, 4.69) is 14.9 Å². The zero-order valence-corrected chi connectivity index (χ0v) is 26.2. The maximum Gasteiger partial charge on any atom is 0.165 e. The molecule has 3 heterocycles. The number of methoxy groups -OCH3 is 1. The normalized spacial score (nSPS) is 13.4. The maximum absolute atomic E-state index is 13.1. The molecule has 0 N–H and O–H groups in total. The molecule has 0 saturated carbocycles. The largest absolute Gasteiger partial charge is 0.493 e. The fourth-order valence-electron chi connectivity index (χ4n) is 5.65. The molecule has 1 fully saturated rings. The van der Waals surface area contributed by atoms with E-state index in [9.17, 15) is 4.79 Å². The molecule has 5 aromatic rings. The van der Waals surface area contributed by atoms with Crippen LogP contribution in [0.2, 0.25) is 0 Å². The van der Waals surface area contributed by atoms with Gasteiger partial charge >= 0.3 is 0 Å². The van der Waals surface area contributed by atoms with E-state index in [0.29, 0.717) is 54.4 Å². The number of aromatic nitrogens is 2. The average Bonchev–Trinajstić information content (AvgIpc) is 3.11. The number of fused-ring (bicyclic) bond motifs is 1. The Labute approximate surface area is 269 Å². The summed E-state index contributed by atoms with van der Waals surface area (Å²) in [6, 6.07) is 27.3. The van der Waals surface area contributed by atoms with Gasteiger partial charge in [0.2, 0.25) is 0 Å². The molecular formula is C38H39N3O5. The van der Waals surface area contributed by atoms with Crippen molar-refractivity contribution in [2.45, 2.75) is 25.7 Å². The number of ether oxygens (including phenoxy) is 4. The van der Waals surface area contributed by atoms with E-state index in [0.717, 1.165) is 67.0 Å². The van der Waals surface area contributed by atoms with Crippen LogP contribution in [-0.2, 0) is 17.6 Å². The summed E-state index contributed by atoms with van der Waals surface area (Å²) in [5.41, 5.74) is 4.41. The summed E-state index contributed by atoms with van der Waals surface area (Å²) in [5.74, 6) is 2.77. The second kappa shape index (κ2) is 15.5. The highest BCUT2D eigenvalue weighted by molar-refractivity contribution is 5.97. The molecule has 1 saturated heterocycles. The van der Waals surface area contributed by atoms with E-state index in [4.69, 9.17) is 18.9 Å². The number of benzene rings is 3. The van der Waals surface area contributed by atoms with Crippen LogP contribution in [0, 0.1) is 0 Å². The van der Waals surface area contributed by atoms with Gasteiger partial charge in [-0.2, -0.15) is 0 Å². The van der Waals surface area contributed by atoms with Crippen LogP contribution in [0.4, 0.5) is 0 Å². The first-order valence-corrected chi connectivity index (χ1v) is 15.8. The van der Waals surface area contributed by atoms with Crippen molar-refractivity contribution in [3.05, 3.63) is 120 Å². The van der Waals surface area contributed by atoms with Gasteiger partial charge in [-0.1, -0.05) is 42.5 Å². The highest BCUT2D eigenvalue weighted by Crippen LogP contribution is 2.37. The van der Waals surface area contributed by atoms with Crippen molar-refractivity contribution in [3.63, 3.8) is 0 Å². The van der Waals surface area contributed by atoms with Crippen LogP contribution >= 0.6 is 0 Å². The van der Waals surface area contributed by atoms with E-state index in [1.54, 1.807) is 19.5 Å². The van der Waals surface area contributed by atoms with Crippen molar-refractivity contribution >= 4 is 16.7 Å². The Kier molecular flexibility index (Phi) is 10.5. The van der Waals surface area contributed by atoms with Gasteiger partial charge in [0.1, 0.15) is 11.5 Å². The van der Waals surface area contributed by atoms with Crippen LogP contribution in [0.1, 0.15) is 40.0 Å². The van der Waals surface area contributed by atoms with Gasteiger partial charge in [0, 0.05) is 61.9 Å². The SMILES string of the molecule is COc1cc2c(Oc3ccc(Cc4ncccc4C(=O)CCc4ccccc4)cc3)ccnc2cc1OCCCN1CCOCC1. The molecule has 46 heavy (non-hydrogen) atoms. The minimum atomic E-state index is 0.105. The van der Waals surface area contributed by atoms with E-state index in [1.165, 1.54) is 0 Å². The number of pyridine rings is 2. The second-order valence-corrected chi connectivity index (χ2v) is 11.3. The second-order valence-electron chi connectivity index (χ2n) is 11.3. The van der Waals surface area contributed by atoms with Crippen molar-refractivity contribution in [3.8, 4) is 23.0 Å². The molecule has 0 aliphatic carbocycles. The lowest BCUT2D eigenvalue weighted by Gasteiger charge is -2.26. The number of hydrogen-bond donors (Lipinski definition) is 0. The number of aryl methyl sites for hydroxylation is 1. The number of rotatable bonds is 14. The Balaban J connectivity index is 1.09. The number of carbonyl (C=O) groups is 1. The molecule has 236 valence electrons. The van der Waals surface area contributed by atoms with E-state index < -0.39 is 0 Å². The summed E-state index contributed by atoms with van der Waals surface area (Å²) in [6.07, 6.45) is 6.10. The van der Waals surface area contributed by atoms with Crippen LogP contribution < -0.4 is 14.2 Å². The van der Waals surface area contributed by atoms with Crippen LogP contribution in [0.15, 0.2) is 97.3 Å². The summed E-state index contributed by atoms with van der Waals surface area (Å²) in [6.45, 7) is 5.09. The number of nitrogens with zero attached hydrogens (tertiary/aromatic N) is 3. The third kappa shape index (κ3) is 8.07. The molecule has 0 amide bonds. The van der Waals surface area contributed by atoms with Crippen LogP contribution in [0.5, 0.6) is 23.0 Å². The average molecular weight is 618 g/mol. The fraction of sp³-hybridized carbons (Fsp3) is 0.289. The Morgan fingerprint density at radius 3 is 2.48 bits per heavy atom. The Morgan fingerprint density at radius 2 is 1.67 bits per heavy atom. The summed E-state index contributed by atoms with van der Waals surface area (Å²) >= 11 is 0. The van der Waals surface area contributed by atoms with Gasteiger partial charge in [0.15, 0.2) is 17.3 Å². The van der Waals surface area contributed by atoms with Crippen molar-refractivity contribution in [1.29, 1.82) is 0 Å². The summed E-state index contributed by atoms with van der Waals surface area (Å²) in [4.78, 5) is 24.6. The third-order valence-corrected chi connectivity index (χ3v) is 8.16. The van der Waals surface area contributed by atoms with Gasteiger partial charge in [0.25, 0.3) is 0 Å². The minimum Gasteiger partial charge on any atom is -0.493 e. The first-order chi connectivity index (χ1) is 22.7. The Bertz CT molecular complexity index is 1740. The number of carbonyl (C=O) groups excluding carboxylic acids is 1. The molecule has 0 bridgehead atoms. The van der Waals surface area contributed by atoms with Crippen molar-refractivity contribution < 1.29 is 23.7 Å². The van der Waals surface area contributed by atoms with Crippen molar-refractivity contribution in [1.82, 2.24) is 14.9 Å². The first-order valence-electron chi connectivity index (χ1n) is 15.8. The Hall–Kier alpha value is -4.79. The van der Waals surface area contributed by atoms with Gasteiger partial charge in [-0.3, -0.25) is 19.7 Å². The molecule has 0 atom stereocenters. The van der Waals surface area contributed by atoms with Crippen molar-refractivity contribution in [2.75, 3.05) is 46.6 Å². The van der Waals surface area contributed by atoms with Gasteiger partial charge in [-0.25, -0.2) is 0 Å². The minimum absolute atomic E-state index is 0.105. The number of morpholine rings is 1. The molecule has 8 nitrogen and oxygen atoms in total. The van der Waals surface area contributed by atoms with Crippen LogP contribution in [0.3, 0.4) is 0 Å². The molecule has 0 spiro atoms. The molecule has 6 rings (SSSR count). The predicted octanol–water partition coefficient (Wildman–Crippen LogP) is 6.94. The lowest BCUT2D eigenvalue weighted by molar-refractivity contribution is 0.0357. The van der Waals surface area contributed by atoms with Gasteiger partial charge in [-0.15, -0.1) is 0 Å². The van der Waals surface area contributed by atoms with Gasteiger partial charge < -0.3 is 18.9 Å². The van der Waals surface area contributed by atoms with Crippen molar-refractivity contribution in [2.24, 2.45) is 0 Å². The zero-order chi connectivity index (χ0) is 31.6. The lowest BCUT2D eigenvalue weighted by Crippen LogP contribution is -2.37. The van der Waals surface area contributed by atoms with Crippen LogP contribution in [0.25, 0.3) is 10.9 Å². The van der Waals surface area contributed by atoms with Crippen LogP contribution in [-0.4, -0.2) is 67.2 Å². The standard InChI is InChI=1S/C38H39N3O5/c1-43-37-26-32-34(27-38(37)45-22-6-19-41-20-23-44-24-21-41)40-18-16-36(32)46-30-13-10-29(11-14-30)25-33-31(9-5-17-39-33)35(42)15-12-28-7-3-2-4-8-28/h2-5,7-11,13-14,16-18,26-27H,6,12,15,19-25H2,1H3. The number of ketones is 1. The monoisotopic (exact) mass is 617 g/mol.